The lowest BCUT2D eigenvalue weighted by atomic mass is 10.0. The minimum absolute atomic E-state index is 0.310. The van der Waals surface area contributed by atoms with Crippen LogP contribution in [0.1, 0.15) is 22.1 Å². The summed E-state index contributed by atoms with van der Waals surface area (Å²) in [6, 6.07) is 9.63. The van der Waals surface area contributed by atoms with Gasteiger partial charge in [0.05, 0.1) is 17.5 Å². The van der Waals surface area contributed by atoms with E-state index in [2.05, 4.69) is 31.9 Å². The molecule has 0 aliphatic rings. The zero-order chi connectivity index (χ0) is 14.9. The Morgan fingerprint density at radius 1 is 1.10 bits per heavy atom. The predicted molar refractivity (Wildman–Crippen MR) is 92.3 cm³/mol. The lowest BCUT2D eigenvalue weighted by Crippen LogP contribution is -1.99. The van der Waals surface area contributed by atoms with Crippen LogP contribution in [-0.2, 0) is 0 Å². The van der Waals surface area contributed by atoms with Crippen molar-refractivity contribution in [3.63, 3.8) is 0 Å². The Morgan fingerprint density at radius 2 is 1.80 bits per heavy atom. The number of aryl methyl sites for hydroxylation is 1. The quantitative estimate of drug-likeness (QED) is 0.496. The Kier molecular flexibility index (Phi) is 5.41. The monoisotopic (exact) mass is 436 g/mol. The van der Waals surface area contributed by atoms with Crippen LogP contribution >= 0.6 is 55.1 Å². The van der Waals surface area contributed by atoms with Gasteiger partial charge in [-0.25, -0.2) is 0 Å². The average Bonchev–Trinajstić information content (AvgIpc) is 2.43. The fraction of sp³-hybridized carbons (Fsp3) is 0.200. The Balaban J connectivity index is 2.49. The number of methoxy groups -OCH3 is 1. The Morgan fingerprint density at radius 3 is 2.40 bits per heavy atom. The number of halogens is 4. The second kappa shape index (κ2) is 6.69. The van der Waals surface area contributed by atoms with Gasteiger partial charge in [0.15, 0.2) is 0 Å². The zero-order valence-corrected chi connectivity index (χ0v) is 15.6. The highest BCUT2D eigenvalue weighted by Gasteiger charge is 2.18. The van der Waals surface area contributed by atoms with Gasteiger partial charge in [-0.3, -0.25) is 0 Å². The molecule has 2 rings (SSSR count). The topological polar surface area (TPSA) is 9.23 Å². The normalized spacial score (nSPS) is 12.3. The highest BCUT2D eigenvalue weighted by molar-refractivity contribution is 9.10. The second-order valence-electron chi connectivity index (χ2n) is 4.38. The number of hydrogen-bond donors (Lipinski definition) is 0. The number of ether oxygens (including phenoxy) is 1. The maximum atomic E-state index is 6.60. The molecule has 0 aliphatic heterocycles. The van der Waals surface area contributed by atoms with Crippen LogP contribution in [0.25, 0.3) is 0 Å². The molecule has 0 aromatic heterocycles. The summed E-state index contributed by atoms with van der Waals surface area (Å²) in [5.41, 5.74) is 2.98. The van der Waals surface area contributed by atoms with Gasteiger partial charge in [-0.15, -0.1) is 11.6 Å². The lowest BCUT2D eigenvalue weighted by molar-refractivity contribution is 0.409. The molecule has 0 spiro atoms. The van der Waals surface area contributed by atoms with E-state index in [4.69, 9.17) is 27.9 Å². The van der Waals surface area contributed by atoms with E-state index in [1.165, 1.54) is 0 Å². The third-order valence-electron chi connectivity index (χ3n) is 3.02. The molecule has 0 bridgehead atoms. The Labute approximate surface area is 145 Å². The molecule has 0 saturated carbocycles. The molecule has 1 nitrogen and oxygen atoms in total. The Bertz CT molecular complexity index is 644. The highest BCUT2D eigenvalue weighted by Crippen LogP contribution is 2.39. The fourth-order valence-corrected chi connectivity index (χ4v) is 3.08. The van der Waals surface area contributed by atoms with Gasteiger partial charge in [-0.05, 0) is 58.2 Å². The zero-order valence-electron chi connectivity index (χ0n) is 10.9. The van der Waals surface area contributed by atoms with Gasteiger partial charge in [0.1, 0.15) is 5.75 Å². The van der Waals surface area contributed by atoms with Crippen LogP contribution in [-0.4, -0.2) is 7.11 Å². The summed E-state index contributed by atoms with van der Waals surface area (Å²) in [4.78, 5) is 0. The summed E-state index contributed by atoms with van der Waals surface area (Å²) >= 11 is 19.6. The summed E-state index contributed by atoms with van der Waals surface area (Å²) in [5, 5.41) is 0.352. The molecule has 20 heavy (non-hydrogen) atoms. The standard InChI is InChI=1S/C15H12Br2Cl2O/c1-8-5-14(20-2)10(7-11(8)16)15(19)9-3-4-13(18)12(17)6-9/h3-7,15H,1-2H3. The highest BCUT2D eigenvalue weighted by atomic mass is 79.9. The van der Waals surface area contributed by atoms with Gasteiger partial charge in [0.2, 0.25) is 0 Å². The molecule has 5 heteroatoms. The predicted octanol–water partition coefficient (Wildman–Crippen LogP) is 6.51. The smallest absolute Gasteiger partial charge is 0.124 e. The fourth-order valence-electron chi connectivity index (χ4n) is 1.89. The molecule has 0 N–H and O–H groups in total. The van der Waals surface area contributed by atoms with E-state index in [9.17, 15) is 0 Å². The first-order valence-electron chi connectivity index (χ1n) is 5.87. The van der Waals surface area contributed by atoms with Crippen LogP contribution < -0.4 is 4.74 Å². The third-order valence-corrected chi connectivity index (χ3v) is 5.58. The molecule has 0 amide bonds. The number of rotatable bonds is 3. The first-order valence-corrected chi connectivity index (χ1v) is 8.27. The molecule has 106 valence electrons. The van der Waals surface area contributed by atoms with Gasteiger partial charge in [0.25, 0.3) is 0 Å². The largest absolute Gasteiger partial charge is 0.496 e. The maximum Gasteiger partial charge on any atom is 0.124 e. The molecular weight excluding hydrogens is 427 g/mol. The minimum Gasteiger partial charge on any atom is -0.496 e. The molecule has 0 fully saturated rings. The van der Waals surface area contributed by atoms with Crippen molar-refractivity contribution >= 4 is 55.1 Å². The van der Waals surface area contributed by atoms with Gasteiger partial charge >= 0.3 is 0 Å². The molecule has 0 aliphatic carbocycles. The second-order valence-corrected chi connectivity index (χ2v) is 6.93. The van der Waals surface area contributed by atoms with Crippen LogP contribution in [0.3, 0.4) is 0 Å². The summed E-state index contributed by atoms with van der Waals surface area (Å²) in [5.74, 6) is 0.775. The third kappa shape index (κ3) is 3.33. The van der Waals surface area contributed by atoms with E-state index in [1.807, 2.05) is 37.3 Å². The van der Waals surface area contributed by atoms with E-state index in [1.54, 1.807) is 7.11 Å². The molecule has 0 heterocycles. The van der Waals surface area contributed by atoms with Crippen LogP contribution in [0.5, 0.6) is 5.75 Å². The lowest BCUT2D eigenvalue weighted by Gasteiger charge is -2.16. The average molecular weight is 439 g/mol. The van der Waals surface area contributed by atoms with Crippen molar-refractivity contribution in [2.45, 2.75) is 12.3 Å². The van der Waals surface area contributed by atoms with Crippen LogP contribution in [0, 0.1) is 6.92 Å². The first kappa shape index (κ1) is 16.2. The molecule has 2 aromatic carbocycles. The molecule has 1 unspecified atom stereocenters. The van der Waals surface area contributed by atoms with Gasteiger partial charge in [-0.1, -0.05) is 33.6 Å². The van der Waals surface area contributed by atoms with Gasteiger partial charge in [-0.2, -0.15) is 0 Å². The van der Waals surface area contributed by atoms with Crippen molar-refractivity contribution in [3.8, 4) is 5.75 Å². The SMILES string of the molecule is COc1cc(C)c(Br)cc1C(Cl)c1ccc(Cl)c(Br)c1. The molecule has 0 radical (unpaired) electrons. The molecule has 2 aromatic rings. The van der Waals surface area contributed by atoms with E-state index in [0.717, 1.165) is 31.4 Å². The van der Waals surface area contributed by atoms with Crippen molar-refractivity contribution in [1.29, 1.82) is 0 Å². The van der Waals surface area contributed by atoms with E-state index < -0.39 is 0 Å². The summed E-state index contributed by atoms with van der Waals surface area (Å²) in [6.07, 6.45) is 0. The molecule has 0 saturated heterocycles. The first-order chi connectivity index (χ1) is 9.43. The minimum atomic E-state index is -0.310. The van der Waals surface area contributed by atoms with Crippen LogP contribution in [0.2, 0.25) is 5.02 Å². The van der Waals surface area contributed by atoms with E-state index in [0.29, 0.717) is 5.02 Å². The molecule has 1 atom stereocenters. The van der Waals surface area contributed by atoms with Gasteiger partial charge < -0.3 is 4.74 Å². The van der Waals surface area contributed by atoms with Crippen molar-refractivity contribution in [2.75, 3.05) is 7.11 Å². The number of benzene rings is 2. The van der Waals surface area contributed by atoms with E-state index >= 15 is 0 Å². The summed E-state index contributed by atoms with van der Waals surface area (Å²) in [6.45, 7) is 2.01. The van der Waals surface area contributed by atoms with Crippen LogP contribution in [0.4, 0.5) is 0 Å². The maximum absolute atomic E-state index is 6.60. The van der Waals surface area contributed by atoms with Gasteiger partial charge in [0, 0.05) is 14.5 Å². The number of hydrogen-bond acceptors (Lipinski definition) is 1. The summed E-state index contributed by atoms with van der Waals surface area (Å²) in [7, 11) is 1.65. The van der Waals surface area contributed by atoms with Crippen LogP contribution in [0.15, 0.2) is 39.3 Å². The number of alkyl halides is 1. The van der Waals surface area contributed by atoms with Crippen molar-refractivity contribution in [1.82, 2.24) is 0 Å². The summed E-state index contributed by atoms with van der Waals surface area (Å²) < 4.78 is 7.27. The van der Waals surface area contributed by atoms with E-state index in [-0.39, 0.29) is 5.38 Å². The molecular formula is C15H12Br2Cl2O. The Hall–Kier alpha value is -0.220. The van der Waals surface area contributed by atoms with Crippen molar-refractivity contribution < 1.29 is 4.74 Å². The van der Waals surface area contributed by atoms with Crippen molar-refractivity contribution in [3.05, 3.63) is 61.0 Å². The van der Waals surface area contributed by atoms with Crippen molar-refractivity contribution in [2.24, 2.45) is 0 Å².